The molecule has 0 saturated heterocycles. The van der Waals surface area contributed by atoms with Gasteiger partial charge in [-0.15, -0.1) is 0 Å². The van der Waals surface area contributed by atoms with Crippen LogP contribution in [0, 0.1) is 12.7 Å². The molecule has 3 aliphatic rings. The second-order valence-corrected chi connectivity index (χ2v) is 8.42. The number of nitrogens with zero attached hydrogens (tertiary/aromatic N) is 3. The van der Waals surface area contributed by atoms with E-state index in [4.69, 9.17) is 0 Å². The van der Waals surface area contributed by atoms with Crippen LogP contribution in [-0.4, -0.2) is 45.7 Å². The number of anilines is 1. The van der Waals surface area contributed by atoms with Gasteiger partial charge in [0.2, 0.25) is 11.9 Å². The van der Waals surface area contributed by atoms with Gasteiger partial charge in [-0.2, -0.15) is 0 Å². The van der Waals surface area contributed by atoms with Crippen LogP contribution in [-0.2, 0) is 10.2 Å². The Bertz CT molecular complexity index is 1080. The second-order valence-electron chi connectivity index (χ2n) is 8.42. The maximum Gasteiger partial charge on any atom is 0.260 e. The summed E-state index contributed by atoms with van der Waals surface area (Å²) in [5.41, 5.74) is -0.820. The average molecular weight is 418 g/mol. The van der Waals surface area contributed by atoms with Crippen LogP contribution in [0.15, 0.2) is 24.5 Å². The monoisotopic (exact) mass is 418 g/mol. The van der Waals surface area contributed by atoms with Crippen LogP contribution in [0.1, 0.15) is 53.7 Å². The van der Waals surface area contributed by atoms with Gasteiger partial charge in [0.05, 0.1) is 5.41 Å². The second kappa shape index (κ2) is 6.26. The molecular weight excluding hydrogens is 397 g/mol. The van der Waals surface area contributed by atoms with Crippen molar-refractivity contribution in [2.75, 3.05) is 18.4 Å². The van der Waals surface area contributed by atoms with Crippen LogP contribution in [0.5, 0.6) is 0 Å². The molecule has 30 heavy (non-hydrogen) atoms. The van der Waals surface area contributed by atoms with E-state index >= 15 is 4.39 Å². The number of aryl methyl sites for hydroxylation is 1. The molecule has 1 aromatic carbocycles. The minimum Gasteiger partial charge on any atom is -0.328 e. The Morgan fingerprint density at radius 1 is 1.30 bits per heavy atom. The molecule has 2 saturated carbocycles. The Balaban J connectivity index is 0.00000231. The molecule has 2 aromatic rings. The highest BCUT2D eigenvalue weighted by Gasteiger charge is 2.75. The SMILES string of the molecule is Cc1cnc(NC(=O)CN2CC3(CC3(F)F)c3c(ccc(C4CC4)c3F)C2=O)nc1.[HH]. The number of fused-ring (bicyclic) bond motifs is 2. The van der Waals surface area contributed by atoms with Gasteiger partial charge in [-0.25, -0.2) is 23.1 Å². The summed E-state index contributed by atoms with van der Waals surface area (Å²) in [6.07, 6.45) is 4.14. The fourth-order valence-corrected chi connectivity index (χ4v) is 4.29. The first kappa shape index (κ1) is 19.0. The number of rotatable bonds is 4. The third-order valence-corrected chi connectivity index (χ3v) is 6.11. The molecule has 1 aromatic heterocycles. The molecule has 1 aliphatic heterocycles. The molecule has 2 amide bonds. The molecule has 2 fully saturated rings. The zero-order valence-electron chi connectivity index (χ0n) is 16.2. The number of aromatic nitrogens is 2. The van der Waals surface area contributed by atoms with Crippen LogP contribution >= 0.6 is 0 Å². The van der Waals surface area contributed by atoms with Crippen LogP contribution in [0.2, 0.25) is 0 Å². The Morgan fingerprint density at radius 2 is 1.97 bits per heavy atom. The molecule has 1 atom stereocenters. The maximum atomic E-state index is 15.2. The fourth-order valence-electron chi connectivity index (χ4n) is 4.29. The average Bonchev–Trinajstić information content (AvgIpc) is 3.59. The molecule has 0 radical (unpaired) electrons. The van der Waals surface area contributed by atoms with E-state index in [1.165, 1.54) is 24.5 Å². The number of halogens is 3. The first-order valence-electron chi connectivity index (χ1n) is 9.80. The minimum absolute atomic E-state index is 0. The lowest BCUT2D eigenvalue weighted by Gasteiger charge is -2.35. The summed E-state index contributed by atoms with van der Waals surface area (Å²) in [6, 6.07) is 2.94. The predicted molar refractivity (Wildman–Crippen MR) is 103 cm³/mol. The topological polar surface area (TPSA) is 75.2 Å². The van der Waals surface area contributed by atoms with Gasteiger partial charge < -0.3 is 4.90 Å². The van der Waals surface area contributed by atoms with Crippen molar-refractivity contribution < 1.29 is 24.2 Å². The predicted octanol–water partition coefficient (Wildman–Crippen LogP) is 3.42. The van der Waals surface area contributed by atoms with E-state index in [9.17, 15) is 18.4 Å². The van der Waals surface area contributed by atoms with Gasteiger partial charge in [-0.05, 0) is 42.9 Å². The molecule has 2 heterocycles. The number of alkyl halides is 2. The summed E-state index contributed by atoms with van der Waals surface area (Å²) < 4.78 is 44.2. The Morgan fingerprint density at radius 3 is 2.57 bits per heavy atom. The molecule has 9 heteroatoms. The Kier molecular flexibility index (Phi) is 3.97. The Hall–Kier alpha value is -2.97. The number of carbonyl (C=O) groups is 2. The van der Waals surface area contributed by atoms with Gasteiger partial charge in [0.15, 0.2) is 0 Å². The van der Waals surface area contributed by atoms with E-state index in [1.54, 1.807) is 6.92 Å². The standard InChI is InChI=1S/C21H19F3N4O2.H2/c1-11-6-25-19(26-7-11)27-15(29)8-28-10-20(9-21(20,23)24)16-14(18(28)30)5-4-13(17(16)22)12-2-3-12;/h4-7,12H,2-3,8-10H2,1H3,(H,25,26,27,29);1H. The summed E-state index contributed by atoms with van der Waals surface area (Å²) in [5, 5.41) is 2.46. The molecule has 5 rings (SSSR count). The fraction of sp³-hybridized carbons (Fsp3) is 0.429. The van der Waals surface area contributed by atoms with E-state index in [-0.39, 0.29) is 24.4 Å². The smallest absolute Gasteiger partial charge is 0.260 e. The lowest BCUT2D eigenvalue weighted by atomic mass is 9.83. The van der Waals surface area contributed by atoms with Crippen LogP contribution in [0.25, 0.3) is 0 Å². The highest BCUT2D eigenvalue weighted by atomic mass is 19.3. The number of amides is 2. The van der Waals surface area contributed by atoms with Gasteiger partial charge in [0.1, 0.15) is 12.4 Å². The van der Waals surface area contributed by atoms with Gasteiger partial charge in [0, 0.05) is 37.9 Å². The third-order valence-electron chi connectivity index (χ3n) is 6.11. The molecule has 1 N–H and O–H groups in total. The molecule has 6 nitrogen and oxygen atoms in total. The molecule has 1 unspecified atom stereocenters. The largest absolute Gasteiger partial charge is 0.328 e. The first-order chi connectivity index (χ1) is 14.2. The number of nitrogens with one attached hydrogen (secondary N) is 1. The van der Waals surface area contributed by atoms with E-state index in [1.807, 2.05) is 0 Å². The summed E-state index contributed by atoms with van der Waals surface area (Å²) in [6.45, 7) is 0.941. The quantitative estimate of drug-likeness (QED) is 0.826. The number of hydrogen-bond acceptors (Lipinski definition) is 4. The van der Waals surface area contributed by atoms with Crippen molar-refractivity contribution >= 4 is 17.8 Å². The van der Waals surface area contributed by atoms with E-state index < -0.39 is 48.5 Å². The van der Waals surface area contributed by atoms with Gasteiger partial charge >= 0.3 is 0 Å². The van der Waals surface area contributed by atoms with Crippen molar-refractivity contribution in [3.63, 3.8) is 0 Å². The molecule has 158 valence electrons. The van der Waals surface area contributed by atoms with Crippen molar-refractivity contribution in [2.24, 2.45) is 0 Å². The van der Waals surface area contributed by atoms with Crippen molar-refractivity contribution in [2.45, 2.75) is 43.4 Å². The van der Waals surface area contributed by atoms with Crippen LogP contribution in [0.4, 0.5) is 19.1 Å². The number of carbonyl (C=O) groups excluding carboxylic acids is 2. The summed E-state index contributed by atoms with van der Waals surface area (Å²) in [4.78, 5) is 34.3. The van der Waals surface area contributed by atoms with Crippen molar-refractivity contribution in [3.8, 4) is 0 Å². The first-order valence-corrected chi connectivity index (χ1v) is 9.80. The zero-order chi connectivity index (χ0) is 21.3. The van der Waals surface area contributed by atoms with E-state index in [2.05, 4.69) is 15.3 Å². The molecular formula is C21H21F3N4O2. The lowest BCUT2D eigenvalue weighted by molar-refractivity contribution is -0.117. The van der Waals surface area contributed by atoms with Gasteiger partial charge in [-0.1, -0.05) is 6.07 Å². The van der Waals surface area contributed by atoms with Gasteiger partial charge in [0.25, 0.3) is 11.8 Å². The normalized spacial score (nSPS) is 24.0. The van der Waals surface area contributed by atoms with Crippen molar-refractivity contribution in [1.82, 2.24) is 14.9 Å². The zero-order valence-corrected chi connectivity index (χ0v) is 16.2. The van der Waals surface area contributed by atoms with E-state index in [0.29, 0.717) is 5.56 Å². The van der Waals surface area contributed by atoms with Crippen molar-refractivity contribution in [1.29, 1.82) is 0 Å². The molecule has 0 bridgehead atoms. The van der Waals surface area contributed by atoms with Crippen LogP contribution in [0.3, 0.4) is 0 Å². The van der Waals surface area contributed by atoms with Crippen molar-refractivity contribution in [3.05, 3.63) is 52.6 Å². The third kappa shape index (κ3) is 2.86. The number of benzene rings is 1. The molecule has 2 aliphatic carbocycles. The highest BCUT2D eigenvalue weighted by molar-refractivity contribution is 6.01. The summed E-state index contributed by atoms with van der Waals surface area (Å²) >= 11 is 0. The van der Waals surface area contributed by atoms with E-state index in [0.717, 1.165) is 23.3 Å². The highest BCUT2D eigenvalue weighted by Crippen LogP contribution is 2.65. The maximum absolute atomic E-state index is 15.2. The van der Waals surface area contributed by atoms with Crippen LogP contribution < -0.4 is 5.32 Å². The summed E-state index contributed by atoms with van der Waals surface area (Å²) in [5.74, 6) is -4.95. The Labute approximate surface area is 172 Å². The molecule has 1 spiro atoms. The van der Waals surface area contributed by atoms with Gasteiger partial charge in [-0.3, -0.25) is 14.9 Å². The summed E-state index contributed by atoms with van der Waals surface area (Å²) in [7, 11) is 0. The number of hydrogen-bond donors (Lipinski definition) is 1. The minimum atomic E-state index is -3.12. The lowest BCUT2D eigenvalue weighted by Crippen LogP contribution is -2.49.